The molecule has 0 radical (unpaired) electrons. The first-order valence-corrected chi connectivity index (χ1v) is 11.2. The van der Waals surface area contributed by atoms with E-state index in [4.69, 9.17) is 0 Å². The van der Waals surface area contributed by atoms with E-state index in [1.807, 2.05) is 24.3 Å². The van der Waals surface area contributed by atoms with Crippen LogP contribution in [0.3, 0.4) is 0 Å². The molecular formula is C19H31IN4O2S. The van der Waals surface area contributed by atoms with Crippen LogP contribution in [0.15, 0.2) is 29.3 Å². The van der Waals surface area contributed by atoms with Crippen molar-refractivity contribution in [3.05, 3.63) is 29.8 Å². The fourth-order valence-corrected chi connectivity index (χ4v) is 5.23. The number of guanidine groups is 1. The van der Waals surface area contributed by atoms with Gasteiger partial charge in [0, 0.05) is 26.2 Å². The van der Waals surface area contributed by atoms with E-state index in [1.54, 1.807) is 11.4 Å². The number of nitrogens with zero attached hydrogens (tertiary/aromatic N) is 2. The van der Waals surface area contributed by atoms with Crippen molar-refractivity contribution in [2.75, 3.05) is 30.2 Å². The van der Waals surface area contributed by atoms with Crippen molar-refractivity contribution in [1.82, 2.24) is 10.6 Å². The van der Waals surface area contributed by atoms with Gasteiger partial charge in [-0.2, -0.15) is 0 Å². The molecule has 1 aliphatic carbocycles. The molecule has 2 N–H and O–H groups in total. The molecule has 1 fully saturated rings. The number of sulfonamides is 1. The highest BCUT2D eigenvalue weighted by atomic mass is 127. The summed E-state index contributed by atoms with van der Waals surface area (Å²) < 4.78 is 27.0. The highest BCUT2D eigenvalue weighted by Crippen LogP contribution is 2.29. The molecular weight excluding hydrogens is 475 g/mol. The first-order chi connectivity index (χ1) is 12.5. The number of halogens is 1. The van der Waals surface area contributed by atoms with E-state index in [1.165, 1.54) is 12.8 Å². The van der Waals surface area contributed by atoms with Crippen LogP contribution >= 0.6 is 24.0 Å². The smallest absolute Gasteiger partial charge is 0.236 e. The Kier molecular flexibility index (Phi) is 8.20. The summed E-state index contributed by atoms with van der Waals surface area (Å²) in [5.41, 5.74) is 1.93. The van der Waals surface area contributed by atoms with E-state index in [0.717, 1.165) is 36.4 Å². The standard InChI is InChI=1S/C19H30N4O2S.HI/c1-15-7-9-17(10-8-15)22-19(20-2)21-12-14-26(24,25)23-13-11-16-5-3-4-6-18(16)23;/h3-6,15,17H,7-14H2,1-2H3,(H2,20,21,22);1H. The maximum atomic E-state index is 12.7. The Balaban J connectivity index is 0.00000261. The molecule has 0 spiro atoms. The molecule has 1 heterocycles. The number of benzene rings is 1. The fourth-order valence-electron chi connectivity index (χ4n) is 3.80. The minimum Gasteiger partial charge on any atom is -0.355 e. The third kappa shape index (κ3) is 5.73. The molecule has 1 aliphatic heterocycles. The van der Waals surface area contributed by atoms with Gasteiger partial charge in [-0.1, -0.05) is 25.1 Å². The molecule has 152 valence electrons. The summed E-state index contributed by atoms with van der Waals surface area (Å²) in [5.74, 6) is 1.56. The van der Waals surface area contributed by atoms with Crippen LogP contribution in [0.25, 0.3) is 0 Å². The maximum Gasteiger partial charge on any atom is 0.236 e. The summed E-state index contributed by atoms with van der Waals surface area (Å²) in [6, 6.07) is 8.16. The molecule has 1 aromatic carbocycles. The average Bonchev–Trinajstić information content (AvgIpc) is 3.07. The molecule has 0 bridgehead atoms. The Labute approximate surface area is 180 Å². The number of aliphatic imine (C=N–C) groups is 1. The van der Waals surface area contributed by atoms with Crippen LogP contribution in [-0.2, 0) is 16.4 Å². The quantitative estimate of drug-likeness (QED) is 0.366. The first kappa shape index (κ1) is 22.3. The summed E-state index contributed by atoms with van der Waals surface area (Å²) in [6.07, 6.45) is 5.54. The molecule has 6 nitrogen and oxygen atoms in total. The SMILES string of the molecule is CN=C(NCCS(=O)(=O)N1CCc2ccccc21)NC1CCC(C)CC1.I. The number of rotatable bonds is 5. The van der Waals surface area contributed by atoms with Crippen molar-refractivity contribution in [1.29, 1.82) is 0 Å². The number of anilines is 1. The Morgan fingerprint density at radius 1 is 1.22 bits per heavy atom. The molecule has 27 heavy (non-hydrogen) atoms. The number of hydrogen-bond donors (Lipinski definition) is 2. The predicted octanol–water partition coefficient (Wildman–Crippen LogP) is 2.74. The Morgan fingerprint density at radius 3 is 2.63 bits per heavy atom. The number of para-hydroxylation sites is 1. The number of fused-ring (bicyclic) bond motifs is 1. The Hall–Kier alpha value is -1.03. The summed E-state index contributed by atoms with van der Waals surface area (Å²) >= 11 is 0. The Morgan fingerprint density at radius 2 is 1.93 bits per heavy atom. The molecule has 0 saturated heterocycles. The van der Waals surface area contributed by atoms with Gasteiger partial charge in [0.2, 0.25) is 10.0 Å². The van der Waals surface area contributed by atoms with Crippen LogP contribution in [0.4, 0.5) is 5.69 Å². The first-order valence-electron chi connectivity index (χ1n) is 9.55. The van der Waals surface area contributed by atoms with Gasteiger partial charge in [-0.15, -0.1) is 24.0 Å². The predicted molar refractivity (Wildman–Crippen MR) is 123 cm³/mol. The molecule has 1 saturated carbocycles. The van der Waals surface area contributed by atoms with E-state index in [9.17, 15) is 8.42 Å². The van der Waals surface area contributed by atoms with Gasteiger partial charge >= 0.3 is 0 Å². The van der Waals surface area contributed by atoms with Gasteiger partial charge in [0.15, 0.2) is 5.96 Å². The second kappa shape index (κ2) is 9.95. The van der Waals surface area contributed by atoms with Gasteiger partial charge in [0.25, 0.3) is 0 Å². The topological polar surface area (TPSA) is 73.8 Å². The Bertz CT molecular complexity index is 746. The van der Waals surface area contributed by atoms with E-state index in [-0.39, 0.29) is 29.7 Å². The van der Waals surface area contributed by atoms with E-state index in [2.05, 4.69) is 22.5 Å². The summed E-state index contributed by atoms with van der Waals surface area (Å²) in [7, 11) is -1.60. The maximum absolute atomic E-state index is 12.7. The molecule has 1 aromatic rings. The number of hydrogen-bond acceptors (Lipinski definition) is 3. The van der Waals surface area contributed by atoms with E-state index < -0.39 is 10.0 Å². The van der Waals surface area contributed by atoms with Crippen molar-refractivity contribution >= 4 is 45.6 Å². The van der Waals surface area contributed by atoms with Crippen molar-refractivity contribution in [2.45, 2.75) is 45.1 Å². The zero-order valence-corrected chi connectivity index (χ0v) is 19.3. The monoisotopic (exact) mass is 506 g/mol. The van der Waals surface area contributed by atoms with Gasteiger partial charge < -0.3 is 10.6 Å². The minimum atomic E-state index is -3.33. The molecule has 0 unspecified atom stereocenters. The minimum absolute atomic E-state index is 0. The lowest BCUT2D eigenvalue weighted by atomic mass is 9.87. The lowest BCUT2D eigenvalue weighted by Gasteiger charge is -2.28. The zero-order chi connectivity index (χ0) is 18.6. The third-order valence-corrected chi connectivity index (χ3v) is 7.18. The van der Waals surface area contributed by atoms with Crippen LogP contribution in [0.1, 0.15) is 38.2 Å². The van der Waals surface area contributed by atoms with Gasteiger partial charge in [-0.25, -0.2) is 8.42 Å². The molecule has 2 aliphatic rings. The van der Waals surface area contributed by atoms with Gasteiger partial charge in [-0.05, 0) is 49.7 Å². The molecule has 0 amide bonds. The summed E-state index contributed by atoms with van der Waals surface area (Å²) in [5, 5.41) is 6.59. The highest BCUT2D eigenvalue weighted by Gasteiger charge is 2.28. The molecule has 3 rings (SSSR count). The van der Waals surface area contributed by atoms with Gasteiger partial charge in [0.05, 0.1) is 11.4 Å². The summed E-state index contributed by atoms with van der Waals surface area (Å²) in [4.78, 5) is 4.24. The second-order valence-corrected chi connectivity index (χ2v) is 9.38. The fraction of sp³-hybridized carbons (Fsp3) is 0.632. The average molecular weight is 506 g/mol. The van der Waals surface area contributed by atoms with Crippen molar-refractivity contribution in [3.8, 4) is 0 Å². The van der Waals surface area contributed by atoms with Crippen LogP contribution in [0.2, 0.25) is 0 Å². The van der Waals surface area contributed by atoms with Gasteiger partial charge in [0.1, 0.15) is 0 Å². The lowest BCUT2D eigenvalue weighted by Crippen LogP contribution is -2.46. The molecule has 0 atom stereocenters. The third-order valence-electron chi connectivity index (χ3n) is 5.41. The summed E-state index contributed by atoms with van der Waals surface area (Å²) in [6.45, 7) is 3.18. The van der Waals surface area contributed by atoms with Crippen molar-refractivity contribution in [3.63, 3.8) is 0 Å². The highest BCUT2D eigenvalue weighted by molar-refractivity contribution is 14.0. The van der Waals surface area contributed by atoms with E-state index >= 15 is 0 Å². The lowest BCUT2D eigenvalue weighted by molar-refractivity contribution is 0.329. The second-order valence-electron chi connectivity index (χ2n) is 7.37. The van der Waals surface area contributed by atoms with Crippen LogP contribution in [-0.4, -0.2) is 46.3 Å². The molecule has 0 aromatic heterocycles. The number of nitrogens with one attached hydrogen (secondary N) is 2. The van der Waals surface area contributed by atoms with Crippen molar-refractivity contribution < 1.29 is 8.42 Å². The molecule has 8 heteroatoms. The van der Waals surface area contributed by atoms with E-state index in [0.29, 0.717) is 25.1 Å². The normalized spacial score (nSPS) is 22.7. The largest absolute Gasteiger partial charge is 0.355 e. The van der Waals surface area contributed by atoms with Crippen molar-refractivity contribution in [2.24, 2.45) is 10.9 Å². The zero-order valence-electron chi connectivity index (χ0n) is 16.1. The van der Waals surface area contributed by atoms with Crippen LogP contribution in [0, 0.1) is 5.92 Å². The van der Waals surface area contributed by atoms with Gasteiger partial charge in [-0.3, -0.25) is 9.30 Å². The van der Waals surface area contributed by atoms with Crippen LogP contribution < -0.4 is 14.9 Å². The van der Waals surface area contributed by atoms with Crippen LogP contribution in [0.5, 0.6) is 0 Å².